The Hall–Kier alpha value is -1.07. The lowest BCUT2D eigenvalue weighted by Crippen LogP contribution is -2.39. The number of fused-ring (bicyclic) bond motifs is 1. The number of aliphatic imine (C=N–C) groups is 1. The van der Waals surface area contributed by atoms with Crippen LogP contribution in [0.3, 0.4) is 0 Å². The largest absolute Gasteiger partial charge is 0.390 e. The zero-order valence-corrected chi connectivity index (χ0v) is 17.4. The van der Waals surface area contributed by atoms with Crippen LogP contribution >= 0.6 is 24.0 Å². The molecule has 0 radical (unpaired) electrons. The van der Waals surface area contributed by atoms with E-state index in [2.05, 4.69) is 30.4 Å². The lowest BCUT2D eigenvalue weighted by molar-refractivity contribution is -0.132. The number of halogens is 4. The fourth-order valence-electron chi connectivity index (χ4n) is 2.82. The summed E-state index contributed by atoms with van der Waals surface area (Å²) in [6.07, 6.45) is 1.06. The van der Waals surface area contributed by atoms with Crippen molar-refractivity contribution in [1.82, 2.24) is 25.4 Å². The van der Waals surface area contributed by atoms with Gasteiger partial charge >= 0.3 is 6.18 Å². The van der Waals surface area contributed by atoms with Gasteiger partial charge in [-0.15, -0.1) is 34.2 Å². The van der Waals surface area contributed by atoms with E-state index in [0.717, 1.165) is 50.3 Å². The Bertz CT molecular complexity index is 559. The van der Waals surface area contributed by atoms with Gasteiger partial charge < -0.3 is 15.2 Å². The van der Waals surface area contributed by atoms with E-state index >= 15 is 0 Å². The number of rotatable bonds is 7. The molecule has 0 aliphatic carbocycles. The van der Waals surface area contributed by atoms with Crippen LogP contribution in [0.4, 0.5) is 13.2 Å². The van der Waals surface area contributed by atoms with Crippen molar-refractivity contribution in [3.05, 3.63) is 11.6 Å². The van der Waals surface area contributed by atoms with Gasteiger partial charge in [-0.25, -0.2) is 0 Å². The Balaban J connectivity index is 0.00000338. The first-order chi connectivity index (χ1) is 12.0. The molecular weight excluding hydrogens is 460 g/mol. The highest BCUT2D eigenvalue weighted by Gasteiger charge is 2.26. The topological polar surface area (TPSA) is 67.1 Å². The van der Waals surface area contributed by atoms with Crippen LogP contribution in [0.5, 0.6) is 0 Å². The Morgan fingerprint density at radius 1 is 1.19 bits per heavy atom. The molecule has 1 aromatic heterocycles. The van der Waals surface area contributed by atoms with Crippen LogP contribution in [0.25, 0.3) is 0 Å². The van der Waals surface area contributed by atoms with Crippen LogP contribution in [0.15, 0.2) is 4.99 Å². The molecule has 0 saturated carbocycles. The Labute approximate surface area is 169 Å². The molecule has 6 nitrogen and oxygen atoms in total. The molecule has 150 valence electrons. The van der Waals surface area contributed by atoms with Crippen LogP contribution in [0.1, 0.15) is 50.7 Å². The molecule has 0 bridgehead atoms. The van der Waals surface area contributed by atoms with Crippen molar-refractivity contribution in [1.29, 1.82) is 0 Å². The van der Waals surface area contributed by atoms with Crippen molar-refractivity contribution < 1.29 is 13.2 Å². The second-order valence-electron chi connectivity index (χ2n) is 6.15. The lowest BCUT2D eigenvalue weighted by Gasteiger charge is -2.12. The number of alkyl halides is 3. The minimum atomic E-state index is -4.16. The number of guanidine groups is 1. The second-order valence-corrected chi connectivity index (χ2v) is 6.15. The quantitative estimate of drug-likeness (QED) is 0.268. The van der Waals surface area contributed by atoms with E-state index in [1.807, 2.05) is 6.92 Å². The smallest absolute Gasteiger partial charge is 0.357 e. The zero-order valence-electron chi connectivity index (χ0n) is 15.1. The van der Waals surface area contributed by atoms with E-state index in [9.17, 15) is 13.2 Å². The standard InChI is InChI=1S/C16H27F3N6.HI/c1-2-20-15(22-11-9-16(17,18)19)21-10-6-8-14-24-23-13-7-4-3-5-12-25(13)14;/h2-12H2,1H3,(H2,20,21,22);1H. The maximum absolute atomic E-state index is 12.2. The highest BCUT2D eigenvalue weighted by Crippen LogP contribution is 2.18. The van der Waals surface area contributed by atoms with Crippen molar-refractivity contribution in [2.45, 2.75) is 64.6 Å². The molecule has 0 fully saturated rings. The van der Waals surface area contributed by atoms with Crippen molar-refractivity contribution in [2.75, 3.05) is 19.6 Å². The van der Waals surface area contributed by atoms with Crippen molar-refractivity contribution in [3.63, 3.8) is 0 Å². The fraction of sp³-hybridized carbons (Fsp3) is 0.812. The van der Waals surface area contributed by atoms with Gasteiger partial charge in [0.25, 0.3) is 0 Å². The van der Waals surface area contributed by atoms with Crippen LogP contribution in [0.2, 0.25) is 0 Å². The van der Waals surface area contributed by atoms with E-state index in [1.165, 1.54) is 6.42 Å². The van der Waals surface area contributed by atoms with Gasteiger partial charge in [0.1, 0.15) is 11.6 Å². The summed E-state index contributed by atoms with van der Waals surface area (Å²) in [6.45, 7) is 3.82. The first-order valence-electron chi connectivity index (χ1n) is 8.99. The molecule has 0 aromatic carbocycles. The Kier molecular flexibility index (Phi) is 10.3. The molecule has 2 heterocycles. The molecule has 1 aliphatic rings. The summed E-state index contributed by atoms with van der Waals surface area (Å²) >= 11 is 0. The van der Waals surface area contributed by atoms with E-state index in [-0.39, 0.29) is 30.5 Å². The van der Waals surface area contributed by atoms with E-state index in [1.54, 1.807) is 0 Å². The van der Waals surface area contributed by atoms with Gasteiger partial charge in [0, 0.05) is 39.0 Å². The molecular formula is C16H28F3IN6. The van der Waals surface area contributed by atoms with Crippen molar-refractivity contribution >= 4 is 29.9 Å². The van der Waals surface area contributed by atoms with Crippen LogP contribution in [-0.4, -0.2) is 46.5 Å². The van der Waals surface area contributed by atoms with Crippen LogP contribution in [-0.2, 0) is 19.4 Å². The van der Waals surface area contributed by atoms with Crippen molar-refractivity contribution in [2.24, 2.45) is 4.99 Å². The van der Waals surface area contributed by atoms with Gasteiger partial charge in [-0.05, 0) is 26.2 Å². The summed E-state index contributed by atoms with van der Waals surface area (Å²) in [5, 5.41) is 14.2. The fourth-order valence-corrected chi connectivity index (χ4v) is 2.82. The first-order valence-corrected chi connectivity index (χ1v) is 8.99. The van der Waals surface area contributed by atoms with E-state index in [0.29, 0.717) is 19.0 Å². The molecule has 0 unspecified atom stereocenters. The predicted molar refractivity (Wildman–Crippen MR) is 106 cm³/mol. The Morgan fingerprint density at radius 3 is 2.73 bits per heavy atom. The summed E-state index contributed by atoms with van der Waals surface area (Å²) in [4.78, 5) is 4.33. The molecule has 2 N–H and O–H groups in total. The highest BCUT2D eigenvalue weighted by molar-refractivity contribution is 14.0. The minimum Gasteiger partial charge on any atom is -0.357 e. The number of hydrogen-bond acceptors (Lipinski definition) is 3. The first kappa shape index (κ1) is 23.0. The lowest BCUT2D eigenvalue weighted by atomic mass is 10.2. The number of nitrogens with zero attached hydrogens (tertiary/aromatic N) is 4. The van der Waals surface area contributed by atoms with Gasteiger partial charge in [0.2, 0.25) is 0 Å². The number of nitrogens with one attached hydrogen (secondary N) is 2. The molecule has 26 heavy (non-hydrogen) atoms. The number of hydrogen-bond donors (Lipinski definition) is 2. The van der Waals surface area contributed by atoms with Crippen LogP contribution < -0.4 is 10.6 Å². The average molecular weight is 488 g/mol. The number of aryl methyl sites for hydroxylation is 2. The maximum Gasteiger partial charge on any atom is 0.390 e. The molecule has 1 aromatic rings. The molecule has 0 atom stereocenters. The molecule has 1 aliphatic heterocycles. The minimum absolute atomic E-state index is 0. The summed E-state index contributed by atoms with van der Waals surface area (Å²) in [5.74, 6) is 2.48. The van der Waals surface area contributed by atoms with Crippen molar-refractivity contribution in [3.8, 4) is 0 Å². The molecule has 0 saturated heterocycles. The zero-order chi connectivity index (χ0) is 18.1. The predicted octanol–water partition coefficient (Wildman–Crippen LogP) is 3.06. The van der Waals surface area contributed by atoms with E-state index < -0.39 is 12.6 Å². The third-order valence-corrected chi connectivity index (χ3v) is 4.06. The molecule has 0 spiro atoms. The Morgan fingerprint density at radius 2 is 2.00 bits per heavy atom. The summed E-state index contributed by atoms with van der Waals surface area (Å²) < 4.78 is 38.8. The summed E-state index contributed by atoms with van der Waals surface area (Å²) in [6, 6.07) is 0. The summed E-state index contributed by atoms with van der Waals surface area (Å²) in [5.41, 5.74) is 0. The third-order valence-electron chi connectivity index (χ3n) is 4.06. The molecule has 2 rings (SSSR count). The molecule has 0 amide bonds. The average Bonchev–Trinajstić information content (AvgIpc) is 2.77. The third kappa shape index (κ3) is 8.09. The monoisotopic (exact) mass is 488 g/mol. The SMILES string of the molecule is CCNC(=NCCCc1nnc2n1CCCCC2)NCCC(F)(F)F.I. The molecule has 10 heteroatoms. The van der Waals surface area contributed by atoms with Gasteiger partial charge in [-0.3, -0.25) is 4.99 Å². The second kappa shape index (κ2) is 11.6. The number of aromatic nitrogens is 3. The van der Waals surface area contributed by atoms with Gasteiger partial charge in [0.05, 0.1) is 6.42 Å². The van der Waals surface area contributed by atoms with Crippen LogP contribution in [0, 0.1) is 0 Å². The van der Waals surface area contributed by atoms with Gasteiger partial charge in [-0.2, -0.15) is 13.2 Å². The summed E-state index contributed by atoms with van der Waals surface area (Å²) in [7, 11) is 0. The maximum atomic E-state index is 12.2. The van der Waals surface area contributed by atoms with Gasteiger partial charge in [0.15, 0.2) is 5.96 Å². The van der Waals surface area contributed by atoms with Gasteiger partial charge in [-0.1, -0.05) is 6.42 Å². The highest BCUT2D eigenvalue weighted by atomic mass is 127. The van der Waals surface area contributed by atoms with E-state index in [4.69, 9.17) is 0 Å². The normalized spacial score (nSPS) is 15.0.